The molecule has 0 radical (unpaired) electrons. The van der Waals surface area contributed by atoms with Crippen molar-refractivity contribution in [1.29, 1.82) is 0 Å². The number of nitrogens with one attached hydrogen (secondary N) is 1. The zero-order valence-corrected chi connectivity index (χ0v) is 12.5. The first kappa shape index (κ1) is 14.5. The van der Waals surface area contributed by atoms with Gasteiger partial charge in [0, 0.05) is 37.6 Å². The van der Waals surface area contributed by atoms with Crippen LogP contribution in [0, 0.1) is 5.92 Å². The summed E-state index contributed by atoms with van der Waals surface area (Å²) in [5.74, 6) is 0.738. The van der Waals surface area contributed by atoms with E-state index >= 15 is 0 Å². The molecule has 0 amide bonds. The van der Waals surface area contributed by atoms with Crippen LogP contribution >= 0.6 is 0 Å². The third kappa shape index (κ3) is 3.77. The molecule has 3 atom stereocenters. The molecule has 0 spiro atoms. The summed E-state index contributed by atoms with van der Waals surface area (Å²) in [6, 6.07) is 5.30. The molecular formula is C16H27N3. The first-order valence-electron chi connectivity index (χ1n) is 7.59. The molecule has 1 aliphatic rings. The van der Waals surface area contributed by atoms with Gasteiger partial charge >= 0.3 is 0 Å². The molecular weight excluding hydrogens is 234 g/mol. The Morgan fingerprint density at radius 1 is 1.47 bits per heavy atom. The van der Waals surface area contributed by atoms with E-state index in [1.165, 1.54) is 24.9 Å². The van der Waals surface area contributed by atoms with Crippen molar-refractivity contribution in [2.45, 2.75) is 45.7 Å². The molecule has 3 heteroatoms. The Morgan fingerprint density at radius 2 is 2.32 bits per heavy atom. The van der Waals surface area contributed by atoms with Crippen molar-refractivity contribution < 1.29 is 0 Å². The maximum atomic E-state index is 4.25. The molecule has 2 rings (SSSR count). The third-order valence-corrected chi connectivity index (χ3v) is 4.51. The van der Waals surface area contributed by atoms with Crippen LogP contribution in [0.15, 0.2) is 24.5 Å². The van der Waals surface area contributed by atoms with Gasteiger partial charge in [-0.15, -0.1) is 0 Å². The number of hydrogen-bond acceptors (Lipinski definition) is 3. The van der Waals surface area contributed by atoms with Crippen LogP contribution < -0.4 is 5.32 Å². The summed E-state index contributed by atoms with van der Waals surface area (Å²) in [7, 11) is 0. The van der Waals surface area contributed by atoms with Gasteiger partial charge in [-0.05, 0) is 37.4 Å². The SMILES string of the molecule is CCC(C)C1CN(C(C)c2cccnc2)CCCN1. The zero-order valence-electron chi connectivity index (χ0n) is 12.5. The standard InChI is InChI=1S/C16H27N3/c1-4-13(2)16-12-19(10-6-9-18-16)14(3)15-7-5-8-17-11-15/h5,7-8,11,13-14,16,18H,4,6,9-10,12H2,1-3H3. The van der Waals surface area contributed by atoms with Gasteiger partial charge < -0.3 is 5.32 Å². The van der Waals surface area contributed by atoms with Crippen molar-refractivity contribution in [3.63, 3.8) is 0 Å². The van der Waals surface area contributed by atoms with E-state index in [9.17, 15) is 0 Å². The van der Waals surface area contributed by atoms with Gasteiger partial charge in [0.05, 0.1) is 0 Å². The Labute approximate surface area is 117 Å². The zero-order chi connectivity index (χ0) is 13.7. The van der Waals surface area contributed by atoms with Crippen LogP contribution in [-0.2, 0) is 0 Å². The second kappa shape index (κ2) is 7.01. The fourth-order valence-electron chi connectivity index (χ4n) is 2.83. The van der Waals surface area contributed by atoms with Crippen LogP contribution in [0.4, 0.5) is 0 Å². The van der Waals surface area contributed by atoms with E-state index in [4.69, 9.17) is 0 Å². The molecule has 0 aromatic carbocycles. The van der Waals surface area contributed by atoms with Crippen LogP contribution in [-0.4, -0.2) is 35.6 Å². The first-order valence-corrected chi connectivity index (χ1v) is 7.59. The quantitative estimate of drug-likeness (QED) is 0.903. The second-order valence-corrected chi connectivity index (χ2v) is 5.76. The smallest absolute Gasteiger partial charge is 0.0335 e. The molecule has 2 heterocycles. The van der Waals surface area contributed by atoms with Crippen LogP contribution in [0.1, 0.15) is 45.2 Å². The van der Waals surface area contributed by atoms with Crippen molar-refractivity contribution in [2.24, 2.45) is 5.92 Å². The van der Waals surface area contributed by atoms with Gasteiger partial charge in [-0.2, -0.15) is 0 Å². The lowest BCUT2D eigenvalue weighted by Crippen LogP contribution is -2.42. The number of hydrogen-bond donors (Lipinski definition) is 1. The molecule has 1 saturated heterocycles. The average Bonchev–Trinajstić information content (AvgIpc) is 2.72. The van der Waals surface area contributed by atoms with Crippen LogP contribution in [0.5, 0.6) is 0 Å². The third-order valence-electron chi connectivity index (χ3n) is 4.51. The molecule has 3 unspecified atom stereocenters. The number of nitrogens with zero attached hydrogens (tertiary/aromatic N) is 2. The highest BCUT2D eigenvalue weighted by Crippen LogP contribution is 2.22. The van der Waals surface area contributed by atoms with E-state index in [-0.39, 0.29) is 0 Å². The fraction of sp³-hybridized carbons (Fsp3) is 0.688. The minimum atomic E-state index is 0.458. The highest BCUT2D eigenvalue weighted by Gasteiger charge is 2.25. The van der Waals surface area contributed by atoms with Crippen LogP contribution in [0.3, 0.4) is 0 Å². The highest BCUT2D eigenvalue weighted by atomic mass is 15.2. The summed E-state index contributed by atoms with van der Waals surface area (Å²) in [6.45, 7) is 10.4. The summed E-state index contributed by atoms with van der Waals surface area (Å²) < 4.78 is 0. The van der Waals surface area contributed by atoms with Gasteiger partial charge in [-0.25, -0.2) is 0 Å². The molecule has 3 nitrogen and oxygen atoms in total. The van der Waals surface area contributed by atoms with Crippen LogP contribution in [0.2, 0.25) is 0 Å². The maximum absolute atomic E-state index is 4.25. The summed E-state index contributed by atoms with van der Waals surface area (Å²) in [5.41, 5.74) is 1.33. The van der Waals surface area contributed by atoms with Crippen molar-refractivity contribution >= 4 is 0 Å². The molecule has 1 aromatic heterocycles. The van der Waals surface area contributed by atoms with Crippen molar-refractivity contribution in [2.75, 3.05) is 19.6 Å². The molecule has 106 valence electrons. The van der Waals surface area contributed by atoms with E-state index in [0.717, 1.165) is 19.0 Å². The normalized spacial score (nSPS) is 24.7. The second-order valence-electron chi connectivity index (χ2n) is 5.76. The van der Waals surface area contributed by atoms with Gasteiger partial charge in [-0.3, -0.25) is 9.88 Å². The monoisotopic (exact) mass is 261 g/mol. The fourth-order valence-corrected chi connectivity index (χ4v) is 2.83. The van der Waals surface area contributed by atoms with Crippen molar-refractivity contribution in [3.8, 4) is 0 Å². The number of rotatable bonds is 4. The molecule has 0 bridgehead atoms. The first-order chi connectivity index (χ1) is 9.22. The van der Waals surface area contributed by atoms with E-state index in [2.05, 4.69) is 42.0 Å². The predicted octanol–water partition coefficient (Wildman–Crippen LogP) is 2.85. The maximum Gasteiger partial charge on any atom is 0.0335 e. The number of aromatic nitrogens is 1. The lowest BCUT2D eigenvalue weighted by atomic mass is 9.98. The van der Waals surface area contributed by atoms with Gasteiger partial charge in [0.15, 0.2) is 0 Å². The highest BCUT2D eigenvalue weighted by molar-refractivity contribution is 5.13. The number of pyridine rings is 1. The lowest BCUT2D eigenvalue weighted by Gasteiger charge is -2.32. The summed E-state index contributed by atoms with van der Waals surface area (Å²) in [4.78, 5) is 6.86. The van der Waals surface area contributed by atoms with E-state index in [1.807, 2.05) is 18.5 Å². The Kier molecular flexibility index (Phi) is 5.34. The summed E-state index contributed by atoms with van der Waals surface area (Å²) in [5, 5.41) is 3.71. The molecule has 1 fully saturated rings. The molecule has 1 aliphatic heterocycles. The Balaban J connectivity index is 2.05. The van der Waals surface area contributed by atoms with Crippen LogP contribution in [0.25, 0.3) is 0 Å². The van der Waals surface area contributed by atoms with E-state index in [1.54, 1.807) is 0 Å². The van der Waals surface area contributed by atoms with E-state index < -0.39 is 0 Å². The largest absolute Gasteiger partial charge is 0.312 e. The predicted molar refractivity (Wildman–Crippen MR) is 80.1 cm³/mol. The minimum Gasteiger partial charge on any atom is -0.312 e. The Bertz CT molecular complexity index is 366. The average molecular weight is 261 g/mol. The molecule has 0 saturated carbocycles. The van der Waals surface area contributed by atoms with E-state index in [0.29, 0.717) is 12.1 Å². The van der Waals surface area contributed by atoms with Crippen molar-refractivity contribution in [3.05, 3.63) is 30.1 Å². The Morgan fingerprint density at radius 3 is 3.00 bits per heavy atom. The van der Waals surface area contributed by atoms with Gasteiger partial charge in [0.2, 0.25) is 0 Å². The van der Waals surface area contributed by atoms with Gasteiger partial charge in [0.1, 0.15) is 0 Å². The minimum absolute atomic E-state index is 0.458. The van der Waals surface area contributed by atoms with Gasteiger partial charge in [0.25, 0.3) is 0 Å². The topological polar surface area (TPSA) is 28.2 Å². The molecule has 0 aliphatic carbocycles. The lowest BCUT2D eigenvalue weighted by molar-refractivity contribution is 0.188. The summed E-state index contributed by atoms with van der Waals surface area (Å²) in [6.07, 6.45) is 6.33. The summed E-state index contributed by atoms with van der Waals surface area (Å²) >= 11 is 0. The molecule has 1 N–H and O–H groups in total. The Hall–Kier alpha value is -0.930. The molecule has 19 heavy (non-hydrogen) atoms. The molecule has 1 aromatic rings. The van der Waals surface area contributed by atoms with Crippen molar-refractivity contribution in [1.82, 2.24) is 15.2 Å². The van der Waals surface area contributed by atoms with Gasteiger partial charge in [-0.1, -0.05) is 26.3 Å².